The molecule has 0 saturated heterocycles. The number of allylic oxidation sites excluding steroid dienone is 1. The number of aryl methyl sites for hydroxylation is 1. The number of nitrogens with one attached hydrogen (secondary N) is 2. The maximum atomic E-state index is 12.7. The van der Waals surface area contributed by atoms with Gasteiger partial charge in [0.05, 0.1) is 28.2 Å². The first-order valence-corrected chi connectivity index (χ1v) is 8.98. The first-order valence-electron chi connectivity index (χ1n) is 8.98. The summed E-state index contributed by atoms with van der Waals surface area (Å²) >= 11 is 0. The Balaban J connectivity index is 0.00000364. The number of phenols is 1. The highest BCUT2D eigenvalue weighted by Gasteiger charge is 2.16. The van der Waals surface area contributed by atoms with E-state index in [0.717, 1.165) is 16.7 Å². The average Bonchev–Trinajstić information content (AvgIpc) is 2.56. The minimum atomic E-state index is -0.0458. The van der Waals surface area contributed by atoms with Crippen molar-refractivity contribution >= 4 is 11.9 Å². The van der Waals surface area contributed by atoms with Gasteiger partial charge in [0.1, 0.15) is 18.8 Å². The molecule has 28 heavy (non-hydrogen) atoms. The van der Waals surface area contributed by atoms with Crippen molar-refractivity contribution in [3.8, 4) is 5.75 Å². The number of hydrogen-bond acceptors (Lipinski definition) is 2. The molecule has 6 heteroatoms. The van der Waals surface area contributed by atoms with Gasteiger partial charge in [-0.15, -0.1) is 0 Å². The van der Waals surface area contributed by atoms with E-state index in [1.54, 1.807) is 6.08 Å². The van der Waals surface area contributed by atoms with E-state index < -0.39 is 0 Å². The molecule has 0 aliphatic rings. The molecule has 0 spiro atoms. The second kappa shape index (κ2) is 11.9. The molecular weight excluding hydrogens is 395 g/mol. The Morgan fingerprint density at radius 2 is 1.39 bits per heavy atom. The number of rotatable bonds is 7. The van der Waals surface area contributed by atoms with E-state index in [1.807, 2.05) is 77.6 Å². The fourth-order valence-corrected chi connectivity index (χ4v) is 2.88. The van der Waals surface area contributed by atoms with Gasteiger partial charge in [-0.3, -0.25) is 4.79 Å². The molecule has 0 unspecified atom stereocenters. The average molecular weight is 425 g/mol. The van der Waals surface area contributed by atoms with Gasteiger partial charge in [0.25, 0.3) is 0 Å². The second-order valence-electron chi connectivity index (χ2n) is 7.52. The third-order valence-corrected chi connectivity index (χ3v) is 4.14. The lowest BCUT2D eigenvalue weighted by molar-refractivity contribution is -0.873. The summed E-state index contributed by atoms with van der Waals surface area (Å²) in [4.78, 5) is 15.1. The van der Waals surface area contributed by atoms with Crippen molar-refractivity contribution in [2.45, 2.75) is 20.0 Å². The summed E-state index contributed by atoms with van der Waals surface area (Å²) in [5, 5.41) is 10.6. The van der Waals surface area contributed by atoms with Gasteiger partial charge in [0, 0.05) is 16.7 Å². The number of ketones is 1. The number of hydrogen-bond donors (Lipinski definition) is 3. The number of benzene rings is 2. The summed E-state index contributed by atoms with van der Waals surface area (Å²) in [6.45, 7) is 3.38. The molecule has 3 N–H and O–H groups in total. The van der Waals surface area contributed by atoms with E-state index in [-0.39, 0.29) is 30.6 Å². The lowest BCUT2D eigenvalue weighted by Crippen LogP contribution is -3.04. The van der Waals surface area contributed by atoms with E-state index in [0.29, 0.717) is 24.4 Å². The number of phenolic OH excluding ortho intramolecular Hbond substituents is 1. The van der Waals surface area contributed by atoms with E-state index >= 15 is 0 Å². The Morgan fingerprint density at radius 1 is 0.929 bits per heavy atom. The molecule has 2 aromatic rings. The molecular formula is C22H30Cl2N2O2. The van der Waals surface area contributed by atoms with Crippen LogP contribution in [0.3, 0.4) is 0 Å². The maximum Gasteiger partial charge on any atom is 0.185 e. The van der Waals surface area contributed by atoms with Crippen LogP contribution in [-0.2, 0) is 13.1 Å². The molecule has 0 saturated carbocycles. The van der Waals surface area contributed by atoms with Crippen molar-refractivity contribution < 1.29 is 44.5 Å². The molecule has 0 aliphatic heterocycles. The SMILES string of the molecule is Cc1ccc(/C=C/C(=O)c2cc(C[NH+](C)C)c(O)c(C[NH+](C)C)c2)cc1.[Cl-].[Cl-]. The van der Waals surface area contributed by atoms with E-state index in [4.69, 9.17) is 0 Å². The van der Waals surface area contributed by atoms with Gasteiger partial charge in [0.15, 0.2) is 5.78 Å². The number of quaternary nitrogens is 2. The molecule has 2 aromatic carbocycles. The Labute approximate surface area is 180 Å². The molecule has 0 fully saturated rings. The Kier molecular flexibility index (Phi) is 11.1. The number of halogens is 2. The normalized spacial score (nSPS) is 10.8. The van der Waals surface area contributed by atoms with Gasteiger partial charge in [-0.1, -0.05) is 35.9 Å². The van der Waals surface area contributed by atoms with Crippen molar-refractivity contribution in [1.82, 2.24) is 0 Å². The summed E-state index contributed by atoms with van der Waals surface area (Å²) in [7, 11) is 8.12. The van der Waals surface area contributed by atoms with Crippen LogP contribution in [-0.4, -0.2) is 39.1 Å². The number of carbonyl (C=O) groups is 1. The van der Waals surface area contributed by atoms with Crippen LogP contribution in [0.2, 0.25) is 0 Å². The van der Waals surface area contributed by atoms with Gasteiger partial charge >= 0.3 is 0 Å². The second-order valence-corrected chi connectivity index (χ2v) is 7.52. The third-order valence-electron chi connectivity index (χ3n) is 4.14. The van der Waals surface area contributed by atoms with Crippen LogP contribution in [0.4, 0.5) is 0 Å². The van der Waals surface area contributed by atoms with Crippen LogP contribution in [0.5, 0.6) is 5.75 Å². The molecule has 0 atom stereocenters. The third kappa shape index (κ3) is 7.64. The fourth-order valence-electron chi connectivity index (χ4n) is 2.88. The minimum absolute atomic E-state index is 0. The van der Waals surface area contributed by atoms with Gasteiger partial charge in [0.2, 0.25) is 0 Å². The predicted molar refractivity (Wildman–Crippen MR) is 106 cm³/mol. The summed E-state index contributed by atoms with van der Waals surface area (Å²) in [6.07, 6.45) is 3.44. The molecule has 4 nitrogen and oxygen atoms in total. The molecule has 2 rings (SSSR count). The van der Waals surface area contributed by atoms with Gasteiger partial charge in [-0.05, 0) is 30.7 Å². The van der Waals surface area contributed by atoms with Crippen molar-refractivity contribution in [1.29, 1.82) is 0 Å². The van der Waals surface area contributed by atoms with Crippen molar-refractivity contribution in [2.24, 2.45) is 0 Å². The highest BCUT2D eigenvalue weighted by atomic mass is 35.5. The predicted octanol–water partition coefficient (Wildman–Crippen LogP) is -5.11. The Bertz CT molecular complexity index is 770. The lowest BCUT2D eigenvalue weighted by atomic mass is 9.99. The van der Waals surface area contributed by atoms with Gasteiger partial charge in [-0.2, -0.15) is 0 Å². The topological polar surface area (TPSA) is 46.2 Å². The zero-order valence-electron chi connectivity index (χ0n) is 17.1. The van der Waals surface area contributed by atoms with Crippen LogP contribution < -0.4 is 34.6 Å². The summed E-state index contributed by atoms with van der Waals surface area (Å²) < 4.78 is 0. The van der Waals surface area contributed by atoms with Crippen LogP contribution in [0, 0.1) is 6.92 Å². The van der Waals surface area contributed by atoms with E-state index in [2.05, 4.69) is 0 Å². The number of carbonyl (C=O) groups excluding carboxylic acids is 1. The van der Waals surface area contributed by atoms with Crippen molar-refractivity contribution in [3.05, 3.63) is 70.3 Å². The smallest absolute Gasteiger partial charge is 0.185 e. The molecule has 0 amide bonds. The highest BCUT2D eigenvalue weighted by Crippen LogP contribution is 2.24. The fraction of sp³-hybridized carbons (Fsp3) is 0.318. The standard InChI is InChI=1S/C22H28N2O2.2ClH/c1-16-6-8-17(9-7-16)10-11-21(25)18-12-19(14-23(2)3)22(26)20(13-18)15-24(4)5;;/h6-13,26H,14-15H2,1-5H3;2*1H/b11-10+;;. The molecule has 0 radical (unpaired) electrons. The zero-order valence-corrected chi connectivity index (χ0v) is 18.7. The Hall–Kier alpha value is -1.85. The molecule has 154 valence electrons. The molecule has 0 aliphatic carbocycles. The summed E-state index contributed by atoms with van der Waals surface area (Å²) in [5.41, 5.74) is 4.45. The van der Waals surface area contributed by atoms with Crippen molar-refractivity contribution in [3.63, 3.8) is 0 Å². The molecule has 0 aromatic heterocycles. The van der Waals surface area contributed by atoms with Crippen LogP contribution in [0.25, 0.3) is 6.08 Å². The Morgan fingerprint density at radius 3 is 1.82 bits per heavy atom. The van der Waals surface area contributed by atoms with Crippen LogP contribution >= 0.6 is 0 Å². The van der Waals surface area contributed by atoms with Gasteiger partial charge < -0.3 is 39.7 Å². The van der Waals surface area contributed by atoms with Gasteiger partial charge in [-0.25, -0.2) is 0 Å². The lowest BCUT2D eigenvalue weighted by Gasteiger charge is -2.15. The molecule has 0 bridgehead atoms. The van der Waals surface area contributed by atoms with E-state index in [9.17, 15) is 9.90 Å². The first-order chi connectivity index (χ1) is 12.3. The van der Waals surface area contributed by atoms with Crippen LogP contribution in [0.15, 0.2) is 42.5 Å². The summed E-state index contributed by atoms with van der Waals surface area (Å²) in [6, 6.07) is 11.7. The number of aromatic hydroxyl groups is 1. The highest BCUT2D eigenvalue weighted by molar-refractivity contribution is 6.07. The largest absolute Gasteiger partial charge is 1.00 e. The minimum Gasteiger partial charge on any atom is -1.00 e. The first kappa shape index (κ1) is 26.1. The molecule has 0 heterocycles. The maximum absolute atomic E-state index is 12.7. The summed E-state index contributed by atoms with van der Waals surface area (Å²) in [5.74, 6) is 0.266. The van der Waals surface area contributed by atoms with Crippen molar-refractivity contribution in [2.75, 3.05) is 28.2 Å². The van der Waals surface area contributed by atoms with E-state index in [1.165, 1.54) is 15.4 Å². The monoisotopic (exact) mass is 424 g/mol. The zero-order chi connectivity index (χ0) is 19.3. The van der Waals surface area contributed by atoms with Crippen LogP contribution in [0.1, 0.15) is 32.6 Å². The quantitative estimate of drug-likeness (QED) is 0.307.